The van der Waals surface area contributed by atoms with Gasteiger partial charge in [0.1, 0.15) is 5.01 Å². The quantitative estimate of drug-likeness (QED) is 0.682. The predicted octanol–water partition coefficient (Wildman–Crippen LogP) is 5.42. The van der Waals surface area contributed by atoms with Crippen LogP contribution in [0.3, 0.4) is 0 Å². The van der Waals surface area contributed by atoms with Crippen LogP contribution in [0.5, 0.6) is 0 Å². The zero-order chi connectivity index (χ0) is 14.5. The van der Waals surface area contributed by atoms with Gasteiger partial charge in [-0.1, -0.05) is 46.8 Å². The molecule has 2 rings (SSSR count). The third-order valence-corrected chi connectivity index (χ3v) is 4.61. The van der Waals surface area contributed by atoms with Crippen LogP contribution in [0.4, 0.5) is 13.2 Å². The van der Waals surface area contributed by atoms with Gasteiger partial charge in [-0.3, -0.25) is 0 Å². The van der Waals surface area contributed by atoms with Crippen molar-refractivity contribution in [3.63, 3.8) is 0 Å². The van der Waals surface area contributed by atoms with Gasteiger partial charge >= 0.3 is 6.08 Å². The highest BCUT2D eigenvalue weighted by molar-refractivity contribution is 8.01. The molecule has 0 aliphatic heterocycles. The van der Waals surface area contributed by atoms with Crippen molar-refractivity contribution in [1.82, 2.24) is 10.2 Å². The molecule has 2 aromatic rings. The zero-order valence-electron chi connectivity index (χ0n) is 9.95. The summed E-state index contributed by atoms with van der Waals surface area (Å²) in [6.45, 7) is 0. The molecule has 1 aromatic heterocycles. The van der Waals surface area contributed by atoms with E-state index < -0.39 is 11.9 Å². The lowest BCUT2D eigenvalue weighted by Crippen LogP contribution is -1.82. The van der Waals surface area contributed by atoms with Crippen LogP contribution in [-0.2, 0) is 0 Å². The number of thioether (sulfide) groups is 1. The fraction of sp³-hybridized carbons (Fsp3) is 0.167. The summed E-state index contributed by atoms with van der Waals surface area (Å²) in [7, 11) is 0. The van der Waals surface area contributed by atoms with Gasteiger partial charge in [-0.25, -0.2) is 4.39 Å². The molecule has 1 aromatic carbocycles. The molecular weight excluding hydrogens is 329 g/mol. The normalized spacial score (nSPS) is 10.6. The lowest BCUT2D eigenvalue weighted by molar-refractivity contribution is 0.373. The summed E-state index contributed by atoms with van der Waals surface area (Å²) in [6.07, 6.45) is -2.58. The van der Waals surface area contributed by atoms with E-state index in [-0.39, 0.29) is 12.2 Å². The van der Waals surface area contributed by atoms with Gasteiger partial charge < -0.3 is 0 Å². The van der Waals surface area contributed by atoms with Crippen LogP contribution in [0.25, 0.3) is 10.6 Å². The van der Waals surface area contributed by atoms with Crippen LogP contribution >= 0.6 is 34.7 Å². The van der Waals surface area contributed by atoms with Gasteiger partial charge in [0, 0.05) is 22.8 Å². The molecule has 0 atom stereocenters. The molecule has 0 aliphatic carbocycles. The Morgan fingerprint density at radius 3 is 2.50 bits per heavy atom. The van der Waals surface area contributed by atoms with E-state index >= 15 is 0 Å². The Kier molecular flexibility index (Phi) is 5.45. The van der Waals surface area contributed by atoms with Crippen molar-refractivity contribution in [3.05, 3.63) is 41.2 Å². The molecule has 0 fully saturated rings. The molecule has 1 heterocycles. The number of aromatic nitrogens is 2. The molecule has 2 nitrogen and oxygen atoms in total. The van der Waals surface area contributed by atoms with Crippen molar-refractivity contribution in [2.24, 2.45) is 0 Å². The fourth-order valence-electron chi connectivity index (χ4n) is 1.30. The summed E-state index contributed by atoms with van der Waals surface area (Å²) < 4.78 is 37.0. The number of halogens is 4. The van der Waals surface area contributed by atoms with Gasteiger partial charge in [-0.05, 0) is 12.1 Å². The summed E-state index contributed by atoms with van der Waals surface area (Å²) >= 11 is 8.31. The number of allylic oxidation sites excluding steroid dienone is 1. The Bertz CT molecular complexity index is 609. The van der Waals surface area contributed by atoms with E-state index in [1.807, 2.05) is 12.1 Å². The van der Waals surface area contributed by atoms with E-state index in [1.54, 1.807) is 12.1 Å². The van der Waals surface area contributed by atoms with Crippen molar-refractivity contribution in [3.8, 4) is 10.6 Å². The van der Waals surface area contributed by atoms with E-state index in [0.717, 1.165) is 5.56 Å². The molecule has 0 N–H and O–H groups in total. The lowest BCUT2D eigenvalue weighted by atomic mass is 10.2. The first-order chi connectivity index (χ1) is 9.56. The Labute approximate surface area is 126 Å². The van der Waals surface area contributed by atoms with E-state index in [1.165, 1.54) is 23.1 Å². The third-order valence-electron chi connectivity index (χ3n) is 2.25. The Balaban J connectivity index is 1.96. The average molecular weight is 337 g/mol. The molecule has 8 heteroatoms. The minimum absolute atomic E-state index is 0.193. The van der Waals surface area contributed by atoms with E-state index in [2.05, 4.69) is 10.2 Å². The maximum atomic E-state index is 12.6. The summed E-state index contributed by atoms with van der Waals surface area (Å²) in [5.41, 5.74) is 0.875. The summed E-state index contributed by atoms with van der Waals surface area (Å²) in [4.78, 5) is 0. The van der Waals surface area contributed by atoms with E-state index in [9.17, 15) is 13.2 Å². The maximum absolute atomic E-state index is 12.6. The SMILES string of the molecule is FC(F)=C(F)CCSc1nnc(-c2ccc(Cl)cc2)s1. The van der Waals surface area contributed by atoms with Crippen LogP contribution in [0.1, 0.15) is 6.42 Å². The van der Waals surface area contributed by atoms with Gasteiger partial charge in [0.15, 0.2) is 10.2 Å². The number of nitrogens with zero attached hydrogens (tertiary/aromatic N) is 2. The van der Waals surface area contributed by atoms with Gasteiger partial charge in [0.25, 0.3) is 0 Å². The summed E-state index contributed by atoms with van der Waals surface area (Å²) in [5.74, 6) is -1.18. The molecular formula is C12H8ClF3N2S2. The minimum Gasteiger partial charge on any atom is -0.206 e. The summed E-state index contributed by atoms with van der Waals surface area (Å²) in [5, 5.41) is 9.26. The second kappa shape index (κ2) is 7.10. The molecule has 0 amide bonds. The number of benzene rings is 1. The third kappa shape index (κ3) is 4.22. The monoisotopic (exact) mass is 336 g/mol. The molecule has 0 aliphatic rings. The molecule has 0 unspecified atom stereocenters. The van der Waals surface area contributed by atoms with Crippen LogP contribution < -0.4 is 0 Å². The highest BCUT2D eigenvalue weighted by Gasteiger charge is 2.09. The highest BCUT2D eigenvalue weighted by Crippen LogP contribution is 2.31. The lowest BCUT2D eigenvalue weighted by Gasteiger charge is -1.95. The second-order valence-corrected chi connectivity index (χ2v) is 6.40. The molecule has 0 saturated heterocycles. The molecule has 0 bridgehead atoms. The van der Waals surface area contributed by atoms with Crippen LogP contribution in [-0.4, -0.2) is 16.0 Å². The first kappa shape index (κ1) is 15.3. The van der Waals surface area contributed by atoms with E-state index in [4.69, 9.17) is 11.6 Å². The first-order valence-corrected chi connectivity index (χ1v) is 7.66. The van der Waals surface area contributed by atoms with Crippen LogP contribution in [0.2, 0.25) is 5.02 Å². The smallest absolute Gasteiger partial charge is 0.206 e. The van der Waals surface area contributed by atoms with Crippen molar-refractivity contribution in [2.45, 2.75) is 10.8 Å². The number of rotatable bonds is 5. The van der Waals surface area contributed by atoms with Gasteiger partial charge in [-0.2, -0.15) is 8.78 Å². The van der Waals surface area contributed by atoms with Crippen molar-refractivity contribution in [2.75, 3.05) is 5.75 Å². The fourth-order valence-corrected chi connectivity index (χ4v) is 3.29. The van der Waals surface area contributed by atoms with Gasteiger partial charge in [0.05, 0.1) is 0 Å². The maximum Gasteiger partial charge on any atom is 0.301 e. The van der Waals surface area contributed by atoms with Crippen molar-refractivity contribution in [1.29, 1.82) is 0 Å². The molecule has 0 radical (unpaired) electrons. The summed E-state index contributed by atoms with van der Waals surface area (Å²) in [6, 6.07) is 7.13. The second-order valence-electron chi connectivity index (χ2n) is 3.64. The van der Waals surface area contributed by atoms with Crippen molar-refractivity contribution < 1.29 is 13.2 Å². The van der Waals surface area contributed by atoms with Crippen LogP contribution in [0.15, 0.2) is 40.5 Å². The number of hydrogen-bond donors (Lipinski definition) is 0. The zero-order valence-corrected chi connectivity index (χ0v) is 12.3. The predicted molar refractivity (Wildman–Crippen MR) is 76.0 cm³/mol. The van der Waals surface area contributed by atoms with Crippen LogP contribution in [0, 0.1) is 0 Å². The average Bonchev–Trinajstić information content (AvgIpc) is 2.88. The Hall–Kier alpha value is -1.05. The van der Waals surface area contributed by atoms with Gasteiger partial charge in [-0.15, -0.1) is 10.2 Å². The number of hydrogen-bond acceptors (Lipinski definition) is 4. The first-order valence-electron chi connectivity index (χ1n) is 5.48. The molecule has 20 heavy (non-hydrogen) atoms. The minimum atomic E-state index is -2.26. The Morgan fingerprint density at radius 2 is 1.85 bits per heavy atom. The molecule has 106 valence electrons. The largest absolute Gasteiger partial charge is 0.301 e. The standard InChI is InChI=1S/C12H8ClF3N2S2/c13-8-3-1-7(2-4-8)11-17-18-12(20-11)19-6-5-9(14)10(15)16/h1-4H,5-6H2. The molecule has 0 spiro atoms. The van der Waals surface area contributed by atoms with Crippen molar-refractivity contribution >= 4 is 34.7 Å². The molecule has 0 saturated carbocycles. The topological polar surface area (TPSA) is 25.8 Å². The highest BCUT2D eigenvalue weighted by atomic mass is 35.5. The Morgan fingerprint density at radius 1 is 1.15 bits per heavy atom. The van der Waals surface area contributed by atoms with Gasteiger partial charge in [0.2, 0.25) is 0 Å². The van der Waals surface area contributed by atoms with E-state index in [0.29, 0.717) is 14.4 Å².